The molecule has 3 aromatic rings. The van der Waals surface area contributed by atoms with E-state index in [0.29, 0.717) is 23.8 Å². The van der Waals surface area contributed by atoms with E-state index in [2.05, 4.69) is 39.4 Å². The first-order valence-electron chi connectivity index (χ1n) is 10.2. The Balaban J connectivity index is 1.65. The van der Waals surface area contributed by atoms with Crippen LogP contribution in [0.5, 0.6) is 11.5 Å². The van der Waals surface area contributed by atoms with Crippen molar-refractivity contribution in [2.24, 2.45) is 5.92 Å². The van der Waals surface area contributed by atoms with Crippen molar-refractivity contribution in [3.63, 3.8) is 0 Å². The molecule has 1 aliphatic heterocycles. The number of aromatic nitrogens is 4. The monoisotopic (exact) mass is 412 g/mol. The van der Waals surface area contributed by atoms with Crippen molar-refractivity contribution < 1.29 is 14.6 Å². The van der Waals surface area contributed by atoms with Crippen molar-refractivity contribution in [3.8, 4) is 11.5 Å². The standard InChI is InChI=1S/C21H28N6O3/c1-12(2)15(9-28)24-21-25-19(18-20(26-21)27(10-23-18)13(3)4)22-8-14-5-6-16-17(7-14)30-11-29-16/h5-7,10,12-13,15,28H,8-9,11H2,1-4H3,(H2,22,24,25,26)/t15-/m0/s1. The van der Waals surface area contributed by atoms with E-state index < -0.39 is 0 Å². The SMILES string of the molecule is CC(C)[C@H](CO)Nc1nc(NCc2ccc3c(c2)OCO3)c2ncn(C(C)C)c2n1. The zero-order chi connectivity index (χ0) is 21.3. The lowest BCUT2D eigenvalue weighted by atomic mass is 10.1. The molecule has 1 atom stereocenters. The fourth-order valence-corrected chi connectivity index (χ4v) is 3.31. The van der Waals surface area contributed by atoms with E-state index in [4.69, 9.17) is 9.47 Å². The molecule has 1 aliphatic rings. The smallest absolute Gasteiger partial charge is 0.231 e. The van der Waals surface area contributed by atoms with Crippen LogP contribution in [0.25, 0.3) is 11.2 Å². The molecule has 0 radical (unpaired) electrons. The summed E-state index contributed by atoms with van der Waals surface area (Å²) in [4.78, 5) is 13.9. The third-order valence-electron chi connectivity index (χ3n) is 5.19. The zero-order valence-electron chi connectivity index (χ0n) is 17.7. The van der Waals surface area contributed by atoms with Crippen molar-refractivity contribution in [3.05, 3.63) is 30.1 Å². The molecule has 0 spiro atoms. The highest BCUT2D eigenvalue weighted by Crippen LogP contribution is 2.33. The molecule has 0 amide bonds. The minimum Gasteiger partial charge on any atom is -0.454 e. The van der Waals surface area contributed by atoms with Gasteiger partial charge in [0.25, 0.3) is 0 Å². The molecule has 9 heteroatoms. The van der Waals surface area contributed by atoms with Gasteiger partial charge < -0.3 is 29.8 Å². The van der Waals surface area contributed by atoms with Crippen LogP contribution in [-0.2, 0) is 6.54 Å². The molecule has 0 fully saturated rings. The maximum absolute atomic E-state index is 9.70. The Kier molecular flexibility index (Phi) is 5.63. The largest absolute Gasteiger partial charge is 0.454 e. The van der Waals surface area contributed by atoms with Gasteiger partial charge in [0, 0.05) is 12.6 Å². The second-order valence-corrected chi connectivity index (χ2v) is 8.03. The molecule has 0 aliphatic carbocycles. The average Bonchev–Trinajstić information content (AvgIpc) is 3.36. The predicted molar refractivity (Wildman–Crippen MR) is 115 cm³/mol. The van der Waals surface area contributed by atoms with Gasteiger partial charge >= 0.3 is 0 Å². The number of nitrogens with zero attached hydrogens (tertiary/aromatic N) is 4. The molecule has 9 nitrogen and oxygen atoms in total. The summed E-state index contributed by atoms with van der Waals surface area (Å²) in [5.41, 5.74) is 2.50. The van der Waals surface area contributed by atoms with Gasteiger partial charge in [-0.3, -0.25) is 0 Å². The summed E-state index contributed by atoms with van der Waals surface area (Å²) in [5, 5.41) is 16.3. The Morgan fingerprint density at radius 1 is 1.13 bits per heavy atom. The van der Waals surface area contributed by atoms with Crippen LogP contribution in [0, 0.1) is 5.92 Å². The van der Waals surface area contributed by atoms with Crippen LogP contribution in [-0.4, -0.2) is 44.1 Å². The Hall–Kier alpha value is -3.07. The molecule has 4 rings (SSSR count). The Bertz CT molecular complexity index is 1030. The summed E-state index contributed by atoms with van der Waals surface area (Å²) in [7, 11) is 0. The summed E-state index contributed by atoms with van der Waals surface area (Å²) < 4.78 is 12.9. The highest BCUT2D eigenvalue weighted by atomic mass is 16.7. The molecule has 0 bridgehead atoms. The second kappa shape index (κ2) is 8.35. The maximum Gasteiger partial charge on any atom is 0.231 e. The number of aliphatic hydroxyl groups is 1. The number of hydrogen-bond donors (Lipinski definition) is 3. The van der Waals surface area contributed by atoms with Crippen molar-refractivity contribution >= 4 is 22.9 Å². The number of imidazole rings is 1. The van der Waals surface area contributed by atoms with Crippen molar-refractivity contribution in [2.75, 3.05) is 24.0 Å². The first-order chi connectivity index (χ1) is 14.5. The van der Waals surface area contributed by atoms with Gasteiger partial charge in [0.05, 0.1) is 19.0 Å². The molecule has 30 heavy (non-hydrogen) atoms. The number of ether oxygens (including phenoxy) is 2. The molecular formula is C21H28N6O3. The van der Waals surface area contributed by atoms with Crippen LogP contribution in [0.2, 0.25) is 0 Å². The van der Waals surface area contributed by atoms with Crippen LogP contribution >= 0.6 is 0 Å². The lowest BCUT2D eigenvalue weighted by Crippen LogP contribution is -2.30. The number of rotatable bonds is 8. The van der Waals surface area contributed by atoms with E-state index in [9.17, 15) is 5.11 Å². The van der Waals surface area contributed by atoms with Crippen molar-refractivity contribution in [2.45, 2.75) is 46.3 Å². The summed E-state index contributed by atoms with van der Waals surface area (Å²) in [6.07, 6.45) is 1.78. The van der Waals surface area contributed by atoms with Crippen LogP contribution in [0.4, 0.5) is 11.8 Å². The fourth-order valence-electron chi connectivity index (χ4n) is 3.31. The van der Waals surface area contributed by atoms with E-state index in [1.807, 2.05) is 36.6 Å². The molecule has 1 aromatic carbocycles. The molecule has 0 saturated heterocycles. The minimum absolute atomic E-state index is 0.00245. The number of benzene rings is 1. The average molecular weight is 412 g/mol. The lowest BCUT2D eigenvalue weighted by molar-refractivity contribution is 0.174. The lowest BCUT2D eigenvalue weighted by Gasteiger charge is -2.20. The highest BCUT2D eigenvalue weighted by molar-refractivity contribution is 5.84. The molecule has 3 heterocycles. The predicted octanol–water partition coefficient (Wildman–Crippen LogP) is 3.18. The van der Waals surface area contributed by atoms with Gasteiger partial charge in [0.1, 0.15) is 0 Å². The van der Waals surface area contributed by atoms with E-state index in [-0.39, 0.29) is 31.4 Å². The second-order valence-electron chi connectivity index (χ2n) is 8.03. The molecule has 160 valence electrons. The quantitative estimate of drug-likeness (QED) is 0.518. The third kappa shape index (κ3) is 3.97. The van der Waals surface area contributed by atoms with E-state index in [1.54, 1.807) is 6.33 Å². The molecule has 0 unspecified atom stereocenters. The van der Waals surface area contributed by atoms with E-state index in [1.165, 1.54) is 0 Å². The number of nitrogens with one attached hydrogen (secondary N) is 2. The summed E-state index contributed by atoms with van der Waals surface area (Å²) in [6, 6.07) is 5.92. The number of aliphatic hydroxyl groups excluding tert-OH is 1. The molecular weight excluding hydrogens is 384 g/mol. The highest BCUT2D eigenvalue weighted by Gasteiger charge is 2.19. The normalized spacial score (nSPS) is 14.0. The number of fused-ring (bicyclic) bond motifs is 2. The first-order valence-corrected chi connectivity index (χ1v) is 10.2. The fraction of sp³-hybridized carbons (Fsp3) is 0.476. The van der Waals surface area contributed by atoms with Gasteiger partial charge in [-0.2, -0.15) is 9.97 Å². The van der Waals surface area contributed by atoms with Crippen molar-refractivity contribution in [1.29, 1.82) is 0 Å². The Morgan fingerprint density at radius 3 is 2.67 bits per heavy atom. The van der Waals surface area contributed by atoms with Crippen LogP contribution in [0.1, 0.15) is 39.3 Å². The zero-order valence-corrected chi connectivity index (χ0v) is 17.7. The van der Waals surface area contributed by atoms with Gasteiger partial charge in [-0.1, -0.05) is 19.9 Å². The Labute approximate surface area is 175 Å². The van der Waals surface area contributed by atoms with Gasteiger partial charge in [0.15, 0.2) is 28.5 Å². The van der Waals surface area contributed by atoms with Crippen LogP contribution in [0.3, 0.4) is 0 Å². The molecule has 0 saturated carbocycles. The van der Waals surface area contributed by atoms with Gasteiger partial charge in [0.2, 0.25) is 12.7 Å². The Morgan fingerprint density at radius 2 is 1.93 bits per heavy atom. The topological polar surface area (TPSA) is 106 Å². The minimum atomic E-state index is -0.139. The van der Waals surface area contributed by atoms with Gasteiger partial charge in [-0.05, 0) is 37.5 Å². The van der Waals surface area contributed by atoms with Crippen LogP contribution in [0.15, 0.2) is 24.5 Å². The summed E-state index contributed by atoms with van der Waals surface area (Å²) in [5.74, 6) is 2.84. The first kappa shape index (κ1) is 20.2. The number of anilines is 2. The summed E-state index contributed by atoms with van der Waals surface area (Å²) in [6.45, 7) is 9.06. The molecule has 2 aromatic heterocycles. The van der Waals surface area contributed by atoms with Crippen molar-refractivity contribution in [1.82, 2.24) is 19.5 Å². The van der Waals surface area contributed by atoms with Gasteiger partial charge in [-0.15, -0.1) is 0 Å². The summed E-state index contributed by atoms with van der Waals surface area (Å²) >= 11 is 0. The molecule has 3 N–H and O–H groups in total. The maximum atomic E-state index is 9.70. The number of hydrogen-bond acceptors (Lipinski definition) is 8. The van der Waals surface area contributed by atoms with E-state index in [0.717, 1.165) is 22.7 Å². The van der Waals surface area contributed by atoms with Crippen LogP contribution < -0.4 is 20.1 Å². The third-order valence-corrected chi connectivity index (χ3v) is 5.19. The van der Waals surface area contributed by atoms with E-state index >= 15 is 0 Å². The van der Waals surface area contributed by atoms with Gasteiger partial charge in [-0.25, -0.2) is 4.98 Å².